The molecule has 0 spiro atoms. The van der Waals surface area contributed by atoms with Gasteiger partial charge in [-0.3, -0.25) is 4.79 Å². The summed E-state index contributed by atoms with van der Waals surface area (Å²) in [5, 5.41) is 6.48. The maximum atomic E-state index is 12.2. The molecule has 1 saturated carbocycles. The molecule has 1 unspecified atom stereocenters. The molecule has 2 rings (SSSR count). The van der Waals surface area contributed by atoms with Gasteiger partial charge in [0.25, 0.3) is 5.91 Å². The molecular formula is C15H22ClN3O. The molecule has 5 heteroatoms. The normalized spacial score (nSPS) is 15.8. The summed E-state index contributed by atoms with van der Waals surface area (Å²) in [6, 6.07) is 3.51. The number of halogens is 1. The molecule has 110 valence electrons. The number of carbonyl (C=O) groups is 1. The molecular weight excluding hydrogens is 274 g/mol. The van der Waals surface area contributed by atoms with Gasteiger partial charge in [0.05, 0.1) is 5.02 Å². The zero-order valence-electron chi connectivity index (χ0n) is 12.1. The van der Waals surface area contributed by atoms with Gasteiger partial charge in [0.1, 0.15) is 11.5 Å². The monoisotopic (exact) mass is 295 g/mol. The molecule has 1 amide bonds. The van der Waals surface area contributed by atoms with Crippen molar-refractivity contribution in [3.63, 3.8) is 0 Å². The van der Waals surface area contributed by atoms with Crippen molar-refractivity contribution in [3.05, 3.63) is 22.8 Å². The summed E-state index contributed by atoms with van der Waals surface area (Å²) >= 11 is 6.06. The van der Waals surface area contributed by atoms with Crippen molar-refractivity contribution in [1.82, 2.24) is 10.3 Å². The van der Waals surface area contributed by atoms with Crippen LogP contribution in [0.3, 0.4) is 0 Å². The number of nitrogens with zero attached hydrogens (tertiary/aromatic N) is 1. The number of hydrogen-bond donors (Lipinski definition) is 2. The predicted molar refractivity (Wildman–Crippen MR) is 82.2 cm³/mol. The number of rotatable bonds is 7. The Morgan fingerprint density at radius 2 is 2.25 bits per heavy atom. The van der Waals surface area contributed by atoms with Crippen molar-refractivity contribution >= 4 is 23.3 Å². The molecule has 1 heterocycles. The van der Waals surface area contributed by atoms with Crippen LogP contribution in [0.15, 0.2) is 12.1 Å². The van der Waals surface area contributed by atoms with E-state index >= 15 is 0 Å². The SMILES string of the molecule is CCCNc1ccc(Cl)c(C(=O)NCC(C)C2CC2)n1. The molecule has 1 aromatic heterocycles. The molecule has 1 aliphatic rings. The third-order valence-electron chi connectivity index (χ3n) is 3.63. The fourth-order valence-corrected chi connectivity index (χ4v) is 2.31. The highest BCUT2D eigenvalue weighted by Gasteiger charge is 2.28. The largest absolute Gasteiger partial charge is 0.370 e. The lowest BCUT2D eigenvalue weighted by Gasteiger charge is -2.12. The number of amides is 1. The van der Waals surface area contributed by atoms with Gasteiger partial charge in [-0.15, -0.1) is 0 Å². The minimum Gasteiger partial charge on any atom is -0.370 e. The molecule has 4 nitrogen and oxygen atoms in total. The number of anilines is 1. The Morgan fingerprint density at radius 1 is 1.50 bits per heavy atom. The van der Waals surface area contributed by atoms with E-state index in [1.165, 1.54) is 12.8 Å². The lowest BCUT2D eigenvalue weighted by molar-refractivity contribution is 0.0942. The molecule has 0 aliphatic heterocycles. The summed E-state index contributed by atoms with van der Waals surface area (Å²) in [5.74, 6) is 1.80. The topological polar surface area (TPSA) is 54.0 Å². The first-order valence-electron chi connectivity index (χ1n) is 7.30. The smallest absolute Gasteiger partial charge is 0.271 e. The van der Waals surface area contributed by atoms with Crippen molar-refractivity contribution in [3.8, 4) is 0 Å². The maximum absolute atomic E-state index is 12.2. The van der Waals surface area contributed by atoms with Crippen LogP contribution in [0.25, 0.3) is 0 Å². The average molecular weight is 296 g/mol. The molecule has 0 saturated heterocycles. The fraction of sp³-hybridized carbons (Fsp3) is 0.600. The highest BCUT2D eigenvalue weighted by molar-refractivity contribution is 6.33. The van der Waals surface area contributed by atoms with Gasteiger partial charge in [0.2, 0.25) is 0 Å². The van der Waals surface area contributed by atoms with Crippen molar-refractivity contribution in [2.75, 3.05) is 18.4 Å². The van der Waals surface area contributed by atoms with E-state index < -0.39 is 0 Å². The van der Waals surface area contributed by atoms with Crippen LogP contribution in [-0.2, 0) is 0 Å². The molecule has 0 aromatic carbocycles. The summed E-state index contributed by atoms with van der Waals surface area (Å²) in [6.07, 6.45) is 3.57. The molecule has 1 atom stereocenters. The van der Waals surface area contributed by atoms with E-state index in [0.29, 0.717) is 29.0 Å². The highest BCUT2D eigenvalue weighted by atomic mass is 35.5. The zero-order valence-corrected chi connectivity index (χ0v) is 12.8. The second-order valence-corrected chi connectivity index (χ2v) is 5.89. The standard InChI is InChI=1S/C15H22ClN3O/c1-3-8-17-13-7-6-12(16)14(19-13)15(20)18-9-10(2)11-4-5-11/h6-7,10-11H,3-5,8-9H2,1-2H3,(H,17,19)(H,18,20). The zero-order chi connectivity index (χ0) is 14.5. The highest BCUT2D eigenvalue weighted by Crippen LogP contribution is 2.36. The fourth-order valence-electron chi connectivity index (χ4n) is 2.12. The van der Waals surface area contributed by atoms with Gasteiger partial charge in [0.15, 0.2) is 0 Å². The summed E-state index contributed by atoms with van der Waals surface area (Å²) in [7, 11) is 0. The third kappa shape index (κ3) is 4.10. The van der Waals surface area contributed by atoms with Crippen molar-refractivity contribution in [2.45, 2.75) is 33.1 Å². The number of nitrogens with one attached hydrogen (secondary N) is 2. The van der Waals surface area contributed by atoms with E-state index in [2.05, 4.69) is 29.5 Å². The van der Waals surface area contributed by atoms with Gasteiger partial charge in [-0.1, -0.05) is 25.4 Å². The van der Waals surface area contributed by atoms with Crippen molar-refractivity contribution in [2.24, 2.45) is 11.8 Å². The first-order chi connectivity index (χ1) is 9.61. The molecule has 0 bridgehead atoms. The molecule has 1 fully saturated rings. The number of hydrogen-bond acceptors (Lipinski definition) is 3. The van der Waals surface area contributed by atoms with E-state index in [4.69, 9.17) is 11.6 Å². The van der Waals surface area contributed by atoms with Gasteiger partial charge < -0.3 is 10.6 Å². The summed E-state index contributed by atoms with van der Waals surface area (Å²) in [5.41, 5.74) is 0.302. The Kier molecular flexibility index (Phi) is 5.24. The average Bonchev–Trinajstić information content (AvgIpc) is 3.28. The summed E-state index contributed by atoms with van der Waals surface area (Å²) in [6.45, 7) is 5.77. The second kappa shape index (κ2) is 6.93. The minimum atomic E-state index is -0.192. The first-order valence-corrected chi connectivity index (χ1v) is 7.68. The van der Waals surface area contributed by atoms with Crippen LogP contribution in [0, 0.1) is 11.8 Å². The second-order valence-electron chi connectivity index (χ2n) is 5.48. The summed E-state index contributed by atoms with van der Waals surface area (Å²) < 4.78 is 0. The van der Waals surface area contributed by atoms with Crippen molar-refractivity contribution < 1.29 is 4.79 Å². The van der Waals surface area contributed by atoms with E-state index in [1.54, 1.807) is 12.1 Å². The Labute approximate surface area is 125 Å². The Bertz CT molecular complexity index is 474. The van der Waals surface area contributed by atoms with Crippen LogP contribution in [-0.4, -0.2) is 24.0 Å². The molecule has 2 N–H and O–H groups in total. The lowest BCUT2D eigenvalue weighted by Crippen LogP contribution is -2.30. The van der Waals surface area contributed by atoms with Crippen molar-refractivity contribution in [1.29, 1.82) is 0 Å². The van der Waals surface area contributed by atoms with Crippen LogP contribution >= 0.6 is 11.6 Å². The van der Waals surface area contributed by atoms with E-state index in [1.807, 2.05) is 0 Å². The van der Waals surface area contributed by atoms with E-state index in [0.717, 1.165) is 18.9 Å². The Hall–Kier alpha value is -1.29. The van der Waals surface area contributed by atoms with Gasteiger partial charge in [-0.25, -0.2) is 4.98 Å². The van der Waals surface area contributed by atoms with Gasteiger partial charge in [0, 0.05) is 13.1 Å². The number of pyridine rings is 1. The van der Waals surface area contributed by atoms with Crippen LogP contribution in [0.1, 0.15) is 43.6 Å². The molecule has 20 heavy (non-hydrogen) atoms. The first kappa shape index (κ1) is 15.1. The van der Waals surface area contributed by atoms with Crippen LogP contribution in [0.2, 0.25) is 5.02 Å². The van der Waals surface area contributed by atoms with Crippen LogP contribution < -0.4 is 10.6 Å². The predicted octanol–water partition coefficient (Wildman–Crippen LogP) is 3.33. The van der Waals surface area contributed by atoms with Crippen LogP contribution in [0.4, 0.5) is 5.82 Å². The van der Waals surface area contributed by atoms with E-state index in [9.17, 15) is 4.79 Å². The quantitative estimate of drug-likeness (QED) is 0.811. The van der Waals surface area contributed by atoms with Gasteiger partial charge >= 0.3 is 0 Å². The van der Waals surface area contributed by atoms with E-state index in [-0.39, 0.29) is 5.91 Å². The molecule has 1 aromatic rings. The third-order valence-corrected chi connectivity index (χ3v) is 3.93. The lowest BCUT2D eigenvalue weighted by atomic mass is 10.1. The molecule has 1 aliphatic carbocycles. The minimum absolute atomic E-state index is 0.192. The number of carbonyl (C=O) groups excluding carboxylic acids is 1. The molecule has 0 radical (unpaired) electrons. The van der Waals surface area contributed by atoms with Crippen LogP contribution in [0.5, 0.6) is 0 Å². The Morgan fingerprint density at radius 3 is 2.90 bits per heavy atom. The maximum Gasteiger partial charge on any atom is 0.271 e. The summed E-state index contributed by atoms with van der Waals surface area (Å²) in [4.78, 5) is 16.4. The Balaban J connectivity index is 1.96. The van der Waals surface area contributed by atoms with Gasteiger partial charge in [-0.05, 0) is 43.2 Å². The van der Waals surface area contributed by atoms with Gasteiger partial charge in [-0.2, -0.15) is 0 Å². The number of aromatic nitrogens is 1.